The van der Waals surface area contributed by atoms with Gasteiger partial charge in [0.05, 0.1) is 17.8 Å². The van der Waals surface area contributed by atoms with Gasteiger partial charge in [-0.2, -0.15) is 0 Å². The molecule has 1 aromatic carbocycles. The maximum atomic E-state index is 12.5. The zero-order valence-electron chi connectivity index (χ0n) is 14.5. The normalized spacial score (nSPS) is 10.8. The molecular formula is C18H17Cl2N3O4. The molecule has 0 bridgehead atoms. The van der Waals surface area contributed by atoms with E-state index in [0.717, 1.165) is 6.42 Å². The van der Waals surface area contributed by atoms with E-state index in [2.05, 4.69) is 10.2 Å². The van der Waals surface area contributed by atoms with Crippen LogP contribution in [-0.4, -0.2) is 34.2 Å². The molecular weight excluding hydrogens is 393 g/mol. The molecule has 0 radical (unpaired) electrons. The highest BCUT2D eigenvalue weighted by molar-refractivity contribution is 6.35. The summed E-state index contributed by atoms with van der Waals surface area (Å²) in [6.07, 6.45) is 2.29. The van der Waals surface area contributed by atoms with Gasteiger partial charge in [0.15, 0.2) is 12.4 Å². The van der Waals surface area contributed by atoms with Gasteiger partial charge in [-0.3, -0.25) is 4.79 Å². The Labute approximate surface area is 165 Å². The van der Waals surface area contributed by atoms with Gasteiger partial charge in [0.25, 0.3) is 11.8 Å². The molecule has 0 unspecified atom stereocenters. The Morgan fingerprint density at radius 2 is 2.11 bits per heavy atom. The summed E-state index contributed by atoms with van der Waals surface area (Å²) < 4.78 is 16.3. The molecule has 0 atom stereocenters. The third-order valence-corrected chi connectivity index (χ3v) is 4.15. The van der Waals surface area contributed by atoms with Gasteiger partial charge in [0, 0.05) is 11.6 Å². The second-order valence-corrected chi connectivity index (χ2v) is 6.50. The number of halogens is 2. The first-order chi connectivity index (χ1) is 13.1. The minimum Gasteiger partial charge on any atom is -0.482 e. The van der Waals surface area contributed by atoms with Crippen molar-refractivity contribution < 1.29 is 18.4 Å². The molecule has 2 heterocycles. The van der Waals surface area contributed by atoms with Gasteiger partial charge in [-0.25, -0.2) is 0 Å². The fourth-order valence-corrected chi connectivity index (χ4v) is 2.83. The number of benzene rings is 1. The molecule has 3 aromatic rings. The highest BCUT2D eigenvalue weighted by Gasteiger charge is 2.19. The van der Waals surface area contributed by atoms with E-state index in [1.807, 2.05) is 6.92 Å². The number of ether oxygens (including phenoxy) is 1. The topological polar surface area (TPSA) is 81.6 Å². The van der Waals surface area contributed by atoms with Crippen LogP contribution in [0.25, 0.3) is 11.7 Å². The lowest BCUT2D eigenvalue weighted by molar-refractivity contribution is -0.134. The van der Waals surface area contributed by atoms with Gasteiger partial charge < -0.3 is 18.5 Å². The summed E-state index contributed by atoms with van der Waals surface area (Å²) in [5, 5.41) is 8.75. The van der Waals surface area contributed by atoms with Gasteiger partial charge in [-0.15, -0.1) is 10.2 Å². The molecule has 0 N–H and O–H groups in total. The number of furan rings is 1. The van der Waals surface area contributed by atoms with Crippen LogP contribution in [0.3, 0.4) is 0 Å². The van der Waals surface area contributed by atoms with Gasteiger partial charge in [-0.1, -0.05) is 30.1 Å². The van der Waals surface area contributed by atoms with Crippen LogP contribution in [0.2, 0.25) is 10.0 Å². The van der Waals surface area contributed by atoms with Crippen molar-refractivity contribution >= 4 is 29.1 Å². The minimum absolute atomic E-state index is 0.166. The Bertz CT molecular complexity index is 896. The number of carbonyl (C=O) groups excluding carboxylic acids is 1. The van der Waals surface area contributed by atoms with Crippen LogP contribution in [0.4, 0.5) is 0 Å². The molecule has 27 heavy (non-hydrogen) atoms. The zero-order chi connectivity index (χ0) is 19.2. The van der Waals surface area contributed by atoms with Crippen LogP contribution < -0.4 is 4.74 Å². The summed E-state index contributed by atoms with van der Waals surface area (Å²) in [4.78, 5) is 14.1. The highest BCUT2D eigenvalue weighted by Crippen LogP contribution is 2.27. The van der Waals surface area contributed by atoms with E-state index in [-0.39, 0.29) is 24.9 Å². The zero-order valence-corrected chi connectivity index (χ0v) is 16.0. The Morgan fingerprint density at radius 3 is 2.81 bits per heavy atom. The van der Waals surface area contributed by atoms with Crippen molar-refractivity contribution in [3.63, 3.8) is 0 Å². The fourth-order valence-electron chi connectivity index (χ4n) is 2.37. The number of aromatic nitrogens is 2. The molecule has 7 nitrogen and oxygen atoms in total. The van der Waals surface area contributed by atoms with E-state index in [4.69, 9.17) is 36.8 Å². The first-order valence-electron chi connectivity index (χ1n) is 8.28. The second kappa shape index (κ2) is 8.92. The third kappa shape index (κ3) is 5.02. The summed E-state index contributed by atoms with van der Waals surface area (Å²) in [6.45, 7) is 2.51. The van der Waals surface area contributed by atoms with E-state index in [1.165, 1.54) is 6.26 Å². The molecule has 0 saturated carbocycles. The maximum absolute atomic E-state index is 12.5. The summed E-state index contributed by atoms with van der Waals surface area (Å²) in [6, 6.07) is 8.27. The number of nitrogens with zero attached hydrogens (tertiary/aromatic N) is 3. The molecule has 0 fully saturated rings. The molecule has 0 spiro atoms. The van der Waals surface area contributed by atoms with Crippen LogP contribution in [0.15, 0.2) is 45.4 Å². The maximum Gasteiger partial charge on any atom is 0.283 e. The van der Waals surface area contributed by atoms with Crippen molar-refractivity contribution in [3.05, 3.63) is 52.5 Å². The molecule has 3 rings (SSSR count). The molecule has 0 saturated heterocycles. The number of carbonyl (C=O) groups is 1. The van der Waals surface area contributed by atoms with Crippen molar-refractivity contribution in [2.24, 2.45) is 0 Å². The molecule has 0 aliphatic heterocycles. The quantitative estimate of drug-likeness (QED) is 0.546. The lowest BCUT2D eigenvalue weighted by Crippen LogP contribution is -2.35. The van der Waals surface area contributed by atoms with Gasteiger partial charge in [-0.05, 0) is 36.8 Å². The SMILES string of the molecule is CCCN(Cc1nnc(-c2ccco2)o1)C(=O)COc1ccc(Cl)cc1Cl. The number of hydrogen-bond acceptors (Lipinski definition) is 6. The Balaban J connectivity index is 1.63. The summed E-state index contributed by atoms with van der Waals surface area (Å²) in [5.41, 5.74) is 0. The summed E-state index contributed by atoms with van der Waals surface area (Å²) >= 11 is 11.9. The van der Waals surface area contributed by atoms with Gasteiger partial charge in [0.1, 0.15) is 5.75 Å². The summed E-state index contributed by atoms with van der Waals surface area (Å²) in [5.74, 6) is 1.23. The van der Waals surface area contributed by atoms with Crippen molar-refractivity contribution in [1.82, 2.24) is 15.1 Å². The molecule has 0 aliphatic carbocycles. The van der Waals surface area contributed by atoms with Crippen molar-refractivity contribution in [1.29, 1.82) is 0 Å². The fraction of sp³-hybridized carbons (Fsp3) is 0.278. The number of rotatable bonds is 8. The lowest BCUT2D eigenvalue weighted by Gasteiger charge is -2.20. The van der Waals surface area contributed by atoms with E-state index >= 15 is 0 Å². The second-order valence-electron chi connectivity index (χ2n) is 5.66. The van der Waals surface area contributed by atoms with Crippen LogP contribution >= 0.6 is 23.2 Å². The number of amides is 1. The first-order valence-corrected chi connectivity index (χ1v) is 9.04. The van der Waals surface area contributed by atoms with Crippen LogP contribution in [0, 0.1) is 0 Å². The number of hydrogen-bond donors (Lipinski definition) is 0. The Morgan fingerprint density at radius 1 is 1.26 bits per heavy atom. The van der Waals surface area contributed by atoms with E-state index < -0.39 is 0 Å². The predicted molar refractivity (Wildman–Crippen MR) is 99.7 cm³/mol. The average Bonchev–Trinajstić information content (AvgIpc) is 3.32. The van der Waals surface area contributed by atoms with Crippen molar-refractivity contribution in [2.75, 3.05) is 13.2 Å². The standard InChI is InChI=1S/C18H17Cl2N3O4/c1-2-7-23(10-16-21-22-18(27-16)15-4-3-8-25-15)17(24)11-26-14-6-5-12(19)9-13(14)20/h3-6,8-9H,2,7,10-11H2,1H3. The summed E-state index contributed by atoms with van der Waals surface area (Å²) in [7, 11) is 0. The molecule has 1 amide bonds. The van der Waals surface area contributed by atoms with Crippen LogP contribution in [0.1, 0.15) is 19.2 Å². The monoisotopic (exact) mass is 409 g/mol. The van der Waals surface area contributed by atoms with Gasteiger partial charge >= 0.3 is 0 Å². The van der Waals surface area contributed by atoms with Crippen LogP contribution in [-0.2, 0) is 11.3 Å². The van der Waals surface area contributed by atoms with Crippen molar-refractivity contribution in [2.45, 2.75) is 19.9 Å². The van der Waals surface area contributed by atoms with Gasteiger partial charge in [0.2, 0.25) is 5.89 Å². The minimum atomic E-state index is -0.222. The molecule has 2 aromatic heterocycles. The van der Waals surface area contributed by atoms with E-state index in [0.29, 0.717) is 34.0 Å². The lowest BCUT2D eigenvalue weighted by atomic mass is 10.3. The largest absolute Gasteiger partial charge is 0.482 e. The average molecular weight is 410 g/mol. The smallest absolute Gasteiger partial charge is 0.283 e. The molecule has 9 heteroatoms. The predicted octanol–water partition coefficient (Wildman–Crippen LogP) is 4.45. The van der Waals surface area contributed by atoms with E-state index in [1.54, 1.807) is 35.2 Å². The first kappa shape index (κ1) is 19.3. The third-order valence-electron chi connectivity index (χ3n) is 3.62. The molecule has 142 valence electrons. The van der Waals surface area contributed by atoms with Crippen molar-refractivity contribution in [3.8, 4) is 17.4 Å². The highest BCUT2D eigenvalue weighted by atomic mass is 35.5. The van der Waals surface area contributed by atoms with E-state index in [9.17, 15) is 4.79 Å². The van der Waals surface area contributed by atoms with Crippen LogP contribution in [0.5, 0.6) is 5.75 Å². The Kier molecular flexibility index (Phi) is 6.36. The molecule has 0 aliphatic rings. The Hall–Kier alpha value is -2.51.